The fourth-order valence-electron chi connectivity index (χ4n) is 3.99. The summed E-state index contributed by atoms with van der Waals surface area (Å²) < 4.78 is 1.99. The maximum atomic E-state index is 13.2. The largest absolute Gasteiger partial charge is 0.342 e. The number of aromatic nitrogens is 1. The molecule has 4 amide bonds. The highest BCUT2D eigenvalue weighted by Gasteiger charge is 2.37. The van der Waals surface area contributed by atoms with Crippen molar-refractivity contribution in [1.82, 2.24) is 9.88 Å². The number of benzene rings is 3. The van der Waals surface area contributed by atoms with Crippen molar-refractivity contribution in [2.45, 2.75) is 6.54 Å². The van der Waals surface area contributed by atoms with Crippen LogP contribution in [0.5, 0.6) is 0 Å². The van der Waals surface area contributed by atoms with Crippen molar-refractivity contribution in [3.8, 4) is 0 Å². The van der Waals surface area contributed by atoms with Crippen LogP contribution in [0.3, 0.4) is 0 Å². The number of hydrogen-bond donors (Lipinski definition) is 1. The molecule has 0 radical (unpaired) electrons. The summed E-state index contributed by atoms with van der Waals surface area (Å²) in [5, 5.41) is 4.47. The van der Waals surface area contributed by atoms with E-state index < -0.39 is 17.8 Å². The number of carbonyl (C=O) groups excluding carboxylic acids is 3. The molecular weight excluding hydrogens is 509 g/mol. The topological polar surface area (TPSA) is 71.4 Å². The van der Waals surface area contributed by atoms with E-state index in [-0.39, 0.29) is 5.57 Å². The van der Waals surface area contributed by atoms with E-state index in [0.717, 1.165) is 21.4 Å². The van der Waals surface area contributed by atoms with E-state index in [9.17, 15) is 14.4 Å². The van der Waals surface area contributed by atoms with Crippen molar-refractivity contribution in [3.63, 3.8) is 0 Å². The molecule has 4 aromatic rings. The fraction of sp³-hybridized carbons (Fsp3) is 0.0385. The Balaban J connectivity index is 1.56. The number of rotatable bonds is 4. The van der Waals surface area contributed by atoms with Gasteiger partial charge in [-0.3, -0.25) is 14.9 Å². The van der Waals surface area contributed by atoms with Crippen LogP contribution < -0.4 is 10.2 Å². The van der Waals surface area contributed by atoms with E-state index in [1.807, 2.05) is 41.1 Å². The summed E-state index contributed by atoms with van der Waals surface area (Å²) >= 11 is 18.1. The third-order valence-corrected chi connectivity index (χ3v) is 6.63. The van der Waals surface area contributed by atoms with Gasteiger partial charge in [-0.1, -0.05) is 59.1 Å². The van der Waals surface area contributed by atoms with Crippen molar-refractivity contribution < 1.29 is 14.4 Å². The van der Waals surface area contributed by atoms with Crippen molar-refractivity contribution in [3.05, 3.63) is 105 Å². The van der Waals surface area contributed by atoms with Crippen molar-refractivity contribution in [2.24, 2.45) is 0 Å². The summed E-state index contributed by atoms with van der Waals surface area (Å²) in [6.07, 6.45) is 3.35. The second kappa shape index (κ2) is 9.23. The lowest BCUT2D eigenvalue weighted by molar-refractivity contribution is -0.122. The maximum absolute atomic E-state index is 13.2. The number of para-hydroxylation sites is 1. The molecule has 35 heavy (non-hydrogen) atoms. The quantitative estimate of drug-likeness (QED) is 0.251. The molecule has 1 saturated heterocycles. The monoisotopic (exact) mass is 523 g/mol. The molecule has 1 aliphatic rings. The Morgan fingerprint density at radius 2 is 1.60 bits per heavy atom. The Kier molecular flexibility index (Phi) is 6.11. The molecule has 3 aromatic carbocycles. The average Bonchev–Trinajstić information content (AvgIpc) is 3.17. The van der Waals surface area contributed by atoms with Crippen LogP contribution in [-0.2, 0) is 16.1 Å². The number of urea groups is 1. The summed E-state index contributed by atoms with van der Waals surface area (Å²) in [5.41, 5.74) is 2.64. The first-order chi connectivity index (χ1) is 16.8. The van der Waals surface area contributed by atoms with Crippen LogP contribution in [0, 0.1) is 0 Å². The molecule has 9 heteroatoms. The molecule has 1 aromatic heterocycles. The van der Waals surface area contributed by atoms with Crippen LogP contribution in [0.2, 0.25) is 15.1 Å². The summed E-state index contributed by atoms with van der Waals surface area (Å²) in [7, 11) is 0. The lowest BCUT2D eigenvalue weighted by Gasteiger charge is -2.26. The summed E-state index contributed by atoms with van der Waals surface area (Å²) in [6.45, 7) is 0.496. The Labute approximate surface area is 215 Å². The van der Waals surface area contributed by atoms with Gasteiger partial charge in [0.25, 0.3) is 11.8 Å². The van der Waals surface area contributed by atoms with E-state index in [4.69, 9.17) is 34.8 Å². The summed E-state index contributed by atoms with van der Waals surface area (Å²) in [4.78, 5) is 39.3. The van der Waals surface area contributed by atoms with Crippen molar-refractivity contribution in [1.29, 1.82) is 0 Å². The number of halogens is 3. The Hall–Kier alpha value is -3.58. The predicted octanol–water partition coefficient (Wildman–Crippen LogP) is 6.32. The highest BCUT2D eigenvalue weighted by atomic mass is 35.5. The van der Waals surface area contributed by atoms with Crippen LogP contribution >= 0.6 is 34.8 Å². The molecule has 6 nitrogen and oxygen atoms in total. The minimum absolute atomic E-state index is 0.156. The average molecular weight is 525 g/mol. The number of barbiturate groups is 1. The van der Waals surface area contributed by atoms with Crippen molar-refractivity contribution in [2.75, 3.05) is 4.90 Å². The standard InChI is InChI=1S/C26H16Cl3N3O3/c27-17-6-8-18(9-7-17)32-25(34)20(24(33)30-26(32)35)12-16-14-31(23-4-2-1-3-19(16)23)13-15-5-10-21(28)22(29)11-15/h1-12,14H,13H2,(H,30,33,35)/b20-12-. The molecule has 5 rings (SSSR count). The van der Waals surface area contributed by atoms with Gasteiger partial charge >= 0.3 is 6.03 Å². The number of carbonyl (C=O) groups is 3. The van der Waals surface area contributed by atoms with Crippen LogP contribution in [0.15, 0.2) is 78.5 Å². The molecule has 2 heterocycles. The van der Waals surface area contributed by atoms with Gasteiger partial charge < -0.3 is 4.57 Å². The van der Waals surface area contributed by atoms with Crippen LogP contribution in [0.1, 0.15) is 11.1 Å². The normalized spacial score (nSPS) is 15.2. The zero-order valence-electron chi connectivity index (χ0n) is 18.0. The minimum atomic E-state index is -0.818. The molecule has 0 saturated carbocycles. The van der Waals surface area contributed by atoms with Gasteiger partial charge in [0.2, 0.25) is 0 Å². The maximum Gasteiger partial charge on any atom is 0.335 e. The smallest absolute Gasteiger partial charge is 0.335 e. The lowest BCUT2D eigenvalue weighted by atomic mass is 10.1. The zero-order chi connectivity index (χ0) is 24.7. The summed E-state index contributed by atoms with van der Waals surface area (Å²) in [6, 6.07) is 18.4. The van der Waals surface area contributed by atoms with Crippen LogP contribution in [0.25, 0.3) is 17.0 Å². The number of hydrogen-bond acceptors (Lipinski definition) is 3. The highest BCUT2D eigenvalue weighted by molar-refractivity contribution is 6.42. The molecule has 1 N–H and O–H groups in total. The van der Waals surface area contributed by atoms with E-state index in [1.165, 1.54) is 18.2 Å². The molecule has 0 unspecified atom stereocenters. The highest BCUT2D eigenvalue weighted by Crippen LogP contribution is 2.29. The van der Waals surface area contributed by atoms with E-state index in [2.05, 4.69) is 5.32 Å². The summed E-state index contributed by atoms with van der Waals surface area (Å²) in [5.74, 6) is -1.48. The molecule has 1 fully saturated rings. The molecule has 0 aliphatic carbocycles. The Bertz CT molecular complexity index is 1540. The zero-order valence-corrected chi connectivity index (χ0v) is 20.2. The van der Waals surface area contributed by atoms with Gasteiger partial charge in [-0.2, -0.15) is 0 Å². The van der Waals surface area contributed by atoms with Gasteiger partial charge in [-0.05, 0) is 54.1 Å². The molecule has 0 bridgehead atoms. The van der Waals surface area contributed by atoms with E-state index in [0.29, 0.717) is 32.9 Å². The molecular formula is C26H16Cl3N3O3. The number of amides is 4. The molecule has 1 aliphatic heterocycles. The number of nitrogens with zero attached hydrogens (tertiary/aromatic N) is 2. The van der Waals surface area contributed by atoms with Crippen molar-refractivity contribution >= 4 is 75.3 Å². The molecule has 174 valence electrons. The van der Waals surface area contributed by atoms with Gasteiger partial charge in [0.1, 0.15) is 5.57 Å². The number of imide groups is 2. The van der Waals surface area contributed by atoms with E-state index >= 15 is 0 Å². The number of fused-ring (bicyclic) bond motifs is 1. The molecule has 0 atom stereocenters. The fourth-order valence-corrected chi connectivity index (χ4v) is 4.44. The number of anilines is 1. The van der Waals surface area contributed by atoms with Gasteiger partial charge in [-0.25, -0.2) is 9.69 Å². The van der Waals surface area contributed by atoms with Gasteiger partial charge in [0, 0.05) is 34.2 Å². The van der Waals surface area contributed by atoms with Crippen LogP contribution in [0.4, 0.5) is 10.5 Å². The van der Waals surface area contributed by atoms with Crippen LogP contribution in [-0.4, -0.2) is 22.4 Å². The third-order valence-electron chi connectivity index (χ3n) is 5.64. The Morgan fingerprint density at radius 3 is 2.34 bits per heavy atom. The second-order valence-electron chi connectivity index (χ2n) is 7.91. The second-order valence-corrected chi connectivity index (χ2v) is 9.16. The lowest BCUT2D eigenvalue weighted by Crippen LogP contribution is -2.54. The Morgan fingerprint density at radius 1 is 0.857 bits per heavy atom. The van der Waals surface area contributed by atoms with Gasteiger partial charge in [0.05, 0.1) is 15.7 Å². The molecule has 0 spiro atoms. The minimum Gasteiger partial charge on any atom is -0.342 e. The first-order valence-electron chi connectivity index (χ1n) is 10.5. The first-order valence-corrected chi connectivity index (χ1v) is 11.6. The predicted molar refractivity (Wildman–Crippen MR) is 138 cm³/mol. The van der Waals surface area contributed by atoms with Gasteiger partial charge in [-0.15, -0.1) is 0 Å². The third kappa shape index (κ3) is 4.44. The van der Waals surface area contributed by atoms with E-state index in [1.54, 1.807) is 24.3 Å². The number of nitrogens with one attached hydrogen (secondary N) is 1. The SMILES string of the molecule is O=C1NC(=O)N(c2ccc(Cl)cc2)C(=O)/C1=C\c1cn(Cc2ccc(Cl)c(Cl)c2)c2ccccc12. The first kappa shape index (κ1) is 23.2. The van der Waals surface area contributed by atoms with Gasteiger partial charge in [0.15, 0.2) is 0 Å².